The van der Waals surface area contributed by atoms with Gasteiger partial charge in [-0.1, -0.05) is 24.3 Å². The number of nitrogens with one attached hydrogen (secondary N) is 1. The molecule has 2 N–H and O–H groups in total. The molecule has 0 fully saturated rings. The summed E-state index contributed by atoms with van der Waals surface area (Å²) >= 11 is 0. The Kier molecular flexibility index (Phi) is 3.64. The number of rotatable bonds is 3. The highest BCUT2D eigenvalue weighted by Crippen LogP contribution is 2.27. The number of nitro benzene ring substituents is 1. The number of aromatic hydroxyl groups is 1. The number of fused-ring (bicyclic) bond motifs is 1. The Bertz CT molecular complexity index is 989. The maximum atomic E-state index is 12.0. The third-order valence-electron chi connectivity index (χ3n) is 3.41. The average molecular weight is 308 g/mol. The van der Waals surface area contributed by atoms with Crippen LogP contribution < -0.4 is 5.43 Å². The first-order valence-electron chi connectivity index (χ1n) is 6.82. The number of benzene rings is 2. The van der Waals surface area contributed by atoms with Crippen LogP contribution in [0.25, 0.3) is 23.1 Å². The number of pyridine rings is 1. The van der Waals surface area contributed by atoms with Crippen molar-refractivity contribution in [2.45, 2.75) is 0 Å². The lowest BCUT2D eigenvalue weighted by Gasteiger charge is -2.00. The molecular weight excluding hydrogens is 296 g/mol. The number of para-hydroxylation sites is 1. The van der Waals surface area contributed by atoms with Crippen LogP contribution >= 0.6 is 0 Å². The lowest BCUT2D eigenvalue weighted by Crippen LogP contribution is -2.02. The van der Waals surface area contributed by atoms with E-state index in [1.165, 1.54) is 18.2 Å². The molecule has 0 spiro atoms. The van der Waals surface area contributed by atoms with E-state index in [1.54, 1.807) is 36.4 Å². The lowest BCUT2D eigenvalue weighted by atomic mass is 10.1. The summed E-state index contributed by atoms with van der Waals surface area (Å²) in [6.07, 6.45) is 3.29. The van der Waals surface area contributed by atoms with Crippen LogP contribution in [-0.4, -0.2) is 15.0 Å². The minimum absolute atomic E-state index is 0.101. The smallest absolute Gasteiger partial charge is 0.311 e. The third kappa shape index (κ3) is 2.96. The van der Waals surface area contributed by atoms with Gasteiger partial charge in [0.15, 0.2) is 11.2 Å². The number of H-pyrrole nitrogens is 1. The molecule has 6 nitrogen and oxygen atoms in total. The molecule has 3 aromatic rings. The molecule has 0 unspecified atom stereocenters. The number of aromatic nitrogens is 1. The van der Waals surface area contributed by atoms with Gasteiger partial charge in [-0.25, -0.2) is 0 Å². The van der Waals surface area contributed by atoms with E-state index in [1.807, 2.05) is 6.07 Å². The fourth-order valence-corrected chi connectivity index (χ4v) is 2.28. The molecule has 0 saturated carbocycles. The Morgan fingerprint density at radius 3 is 2.65 bits per heavy atom. The zero-order valence-corrected chi connectivity index (χ0v) is 11.9. The van der Waals surface area contributed by atoms with Gasteiger partial charge >= 0.3 is 5.69 Å². The fraction of sp³-hybridized carbons (Fsp3) is 0. The lowest BCUT2D eigenvalue weighted by molar-refractivity contribution is -0.385. The molecule has 0 radical (unpaired) electrons. The second-order valence-corrected chi connectivity index (χ2v) is 4.97. The van der Waals surface area contributed by atoms with Crippen molar-refractivity contribution in [2.24, 2.45) is 0 Å². The van der Waals surface area contributed by atoms with Crippen LogP contribution in [0.3, 0.4) is 0 Å². The van der Waals surface area contributed by atoms with Crippen molar-refractivity contribution < 1.29 is 10.0 Å². The number of hydrogen-bond acceptors (Lipinski definition) is 4. The monoisotopic (exact) mass is 308 g/mol. The number of phenols is 1. The quantitative estimate of drug-likeness (QED) is 0.573. The van der Waals surface area contributed by atoms with Crippen LogP contribution in [0, 0.1) is 10.1 Å². The average Bonchev–Trinajstić information content (AvgIpc) is 2.54. The van der Waals surface area contributed by atoms with E-state index in [2.05, 4.69) is 4.98 Å². The van der Waals surface area contributed by atoms with Crippen LogP contribution in [-0.2, 0) is 0 Å². The van der Waals surface area contributed by atoms with Crippen molar-refractivity contribution in [1.29, 1.82) is 0 Å². The highest BCUT2D eigenvalue weighted by atomic mass is 16.6. The molecule has 0 aliphatic rings. The standard InChI is InChI=1S/C17H12N2O4/c20-16-8-6-11(9-15(16)19(22)23)5-7-12-10-17(21)13-3-1-2-4-14(13)18-12/h1-10,20H,(H,18,21)/b7-5+. The second kappa shape index (κ2) is 5.76. The van der Waals surface area contributed by atoms with Gasteiger partial charge in [0.2, 0.25) is 0 Å². The normalized spacial score (nSPS) is 11.1. The maximum Gasteiger partial charge on any atom is 0.311 e. The molecule has 0 atom stereocenters. The first-order chi connectivity index (χ1) is 11.0. The van der Waals surface area contributed by atoms with Gasteiger partial charge in [0.05, 0.1) is 4.92 Å². The topological polar surface area (TPSA) is 96.2 Å². The highest BCUT2D eigenvalue weighted by molar-refractivity contribution is 5.80. The SMILES string of the molecule is O=c1cc(/C=C/c2ccc(O)c([N+](=O)[O-])c2)[nH]c2ccccc12. The number of nitrogens with zero attached hydrogens (tertiary/aromatic N) is 1. The molecule has 3 rings (SSSR count). The summed E-state index contributed by atoms with van der Waals surface area (Å²) in [6, 6.07) is 12.7. The molecule has 114 valence electrons. The summed E-state index contributed by atoms with van der Waals surface area (Å²) in [5.41, 5.74) is 1.39. The molecule has 1 aromatic heterocycles. The molecule has 0 saturated heterocycles. The summed E-state index contributed by atoms with van der Waals surface area (Å²) in [6.45, 7) is 0. The largest absolute Gasteiger partial charge is 0.502 e. The van der Waals surface area contributed by atoms with Gasteiger partial charge in [-0.2, -0.15) is 0 Å². The van der Waals surface area contributed by atoms with E-state index in [9.17, 15) is 20.0 Å². The number of hydrogen-bond donors (Lipinski definition) is 2. The number of phenolic OH excluding ortho intramolecular Hbond substituents is 1. The van der Waals surface area contributed by atoms with Gasteiger partial charge in [0, 0.05) is 28.7 Å². The zero-order chi connectivity index (χ0) is 16.4. The zero-order valence-electron chi connectivity index (χ0n) is 11.9. The molecule has 2 aromatic carbocycles. The predicted octanol–water partition coefficient (Wildman–Crippen LogP) is 3.31. The van der Waals surface area contributed by atoms with E-state index >= 15 is 0 Å². The molecule has 1 heterocycles. The Hall–Kier alpha value is -3.41. The molecule has 0 aliphatic heterocycles. The van der Waals surface area contributed by atoms with Crippen molar-refractivity contribution in [3.05, 3.63) is 80.1 Å². The Morgan fingerprint density at radius 2 is 1.87 bits per heavy atom. The van der Waals surface area contributed by atoms with Crippen LogP contribution in [0.2, 0.25) is 0 Å². The fourth-order valence-electron chi connectivity index (χ4n) is 2.28. The third-order valence-corrected chi connectivity index (χ3v) is 3.41. The second-order valence-electron chi connectivity index (χ2n) is 4.97. The molecule has 0 amide bonds. The first kappa shape index (κ1) is 14.5. The van der Waals surface area contributed by atoms with E-state index in [4.69, 9.17) is 0 Å². The molecule has 23 heavy (non-hydrogen) atoms. The van der Waals surface area contributed by atoms with Gasteiger partial charge < -0.3 is 10.1 Å². The van der Waals surface area contributed by atoms with Crippen LogP contribution in [0.15, 0.2) is 53.3 Å². The van der Waals surface area contributed by atoms with Gasteiger partial charge in [0.1, 0.15) is 0 Å². The highest BCUT2D eigenvalue weighted by Gasteiger charge is 2.12. The van der Waals surface area contributed by atoms with Crippen LogP contribution in [0.5, 0.6) is 5.75 Å². The Labute approximate surface area is 130 Å². The summed E-state index contributed by atoms with van der Waals surface area (Å²) in [7, 11) is 0. The first-order valence-corrected chi connectivity index (χ1v) is 6.82. The summed E-state index contributed by atoms with van der Waals surface area (Å²) < 4.78 is 0. The summed E-state index contributed by atoms with van der Waals surface area (Å²) in [4.78, 5) is 25.3. The van der Waals surface area contributed by atoms with E-state index in [0.29, 0.717) is 16.6 Å². The minimum atomic E-state index is -0.648. The minimum Gasteiger partial charge on any atom is -0.502 e. The van der Waals surface area contributed by atoms with Gasteiger partial charge in [-0.15, -0.1) is 0 Å². The van der Waals surface area contributed by atoms with Crippen molar-refractivity contribution in [3.63, 3.8) is 0 Å². The Morgan fingerprint density at radius 1 is 1.09 bits per heavy atom. The van der Waals surface area contributed by atoms with Crippen molar-refractivity contribution in [3.8, 4) is 5.75 Å². The van der Waals surface area contributed by atoms with Gasteiger partial charge in [-0.05, 0) is 29.8 Å². The van der Waals surface area contributed by atoms with E-state index in [-0.39, 0.29) is 16.9 Å². The summed E-state index contributed by atoms with van der Waals surface area (Å²) in [5, 5.41) is 20.8. The Balaban J connectivity index is 1.99. The van der Waals surface area contributed by atoms with Gasteiger partial charge in [0.25, 0.3) is 0 Å². The number of aromatic amines is 1. The predicted molar refractivity (Wildman–Crippen MR) is 88.3 cm³/mol. The van der Waals surface area contributed by atoms with E-state index < -0.39 is 4.92 Å². The van der Waals surface area contributed by atoms with Crippen molar-refractivity contribution in [2.75, 3.05) is 0 Å². The molecule has 0 bridgehead atoms. The molecule has 0 aliphatic carbocycles. The number of nitro groups is 1. The molecule has 6 heteroatoms. The van der Waals surface area contributed by atoms with Crippen molar-refractivity contribution in [1.82, 2.24) is 4.98 Å². The van der Waals surface area contributed by atoms with Crippen molar-refractivity contribution >= 4 is 28.7 Å². The van der Waals surface area contributed by atoms with Crippen LogP contribution in [0.1, 0.15) is 11.3 Å². The summed E-state index contributed by atoms with van der Waals surface area (Å²) in [5.74, 6) is -0.383. The molecular formula is C17H12N2O4. The van der Waals surface area contributed by atoms with Gasteiger partial charge in [-0.3, -0.25) is 14.9 Å². The van der Waals surface area contributed by atoms with Crippen LogP contribution in [0.4, 0.5) is 5.69 Å². The maximum absolute atomic E-state index is 12.0. The van der Waals surface area contributed by atoms with E-state index in [0.717, 1.165) is 5.52 Å².